The first-order chi connectivity index (χ1) is 5.81. The normalized spacial score (nSPS) is 54.7. The first kappa shape index (κ1) is 7.47. The summed E-state index contributed by atoms with van der Waals surface area (Å²) in [6.45, 7) is 0. The van der Waals surface area contributed by atoms with Crippen LogP contribution in [0, 0.1) is 17.8 Å². The lowest BCUT2D eigenvalue weighted by atomic mass is 9.90. The fourth-order valence-electron chi connectivity index (χ4n) is 3.10. The Hall–Kier alpha value is 0.0700. The van der Waals surface area contributed by atoms with Crippen LogP contribution in [0.3, 0.4) is 0 Å². The van der Waals surface area contributed by atoms with Crippen molar-refractivity contribution >= 4 is 31.2 Å². The highest BCUT2D eigenvalue weighted by Crippen LogP contribution is 2.57. The number of rotatable bonds is 1. The Morgan fingerprint density at radius 2 is 2.33 bits per heavy atom. The van der Waals surface area contributed by atoms with Gasteiger partial charge < -0.3 is 4.74 Å². The van der Waals surface area contributed by atoms with Gasteiger partial charge >= 0.3 is 5.97 Å². The molecule has 0 spiro atoms. The summed E-state index contributed by atoms with van der Waals surface area (Å²) >= 11 is 0.0211. The second-order valence-electron chi connectivity index (χ2n) is 4.00. The van der Waals surface area contributed by atoms with Crippen molar-refractivity contribution in [2.45, 2.75) is 22.9 Å². The molecule has 2 nitrogen and oxygen atoms in total. The number of carbonyl (C=O) groups excluding carboxylic acids is 1. The molecule has 3 heteroatoms. The third kappa shape index (κ3) is 0.714. The van der Waals surface area contributed by atoms with Crippen molar-refractivity contribution in [3.63, 3.8) is 0 Å². The van der Waals surface area contributed by atoms with Gasteiger partial charge in [0.25, 0.3) is 0 Å². The molecular weight excluding hydrogens is 267 g/mol. The fraction of sp³-hybridized carbons (Fsp3) is 0.778. The van der Waals surface area contributed by atoms with Gasteiger partial charge in [0, 0.05) is 9.84 Å². The van der Waals surface area contributed by atoms with Crippen molar-refractivity contribution in [1.29, 1.82) is 0 Å². The minimum Gasteiger partial charge on any atom is -0.461 e. The molecule has 0 amide bonds. The SMILES string of the molecule is C=IC1C2CC3C(=O)OC1C3C2. The summed E-state index contributed by atoms with van der Waals surface area (Å²) in [5, 5.41) is 0. The molecular formula is C9H11IO2. The summed E-state index contributed by atoms with van der Waals surface area (Å²) in [5.74, 6) is 1.76. The summed E-state index contributed by atoms with van der Waals surface area (Å²) < 4.78 is 10.1. The Labute approximate surface area is 81.4 Å². The molecule has 0 radical (unpaired) electrons. The van der Waals surface area contributed by atoms with Gasteiger partial charge in [-0.05, 0) is 18.8 Å². The van der Waals surface area contributed by atoms with Gasteiger partial charge in [-0.2, -0.15) is 0 Å². The smallest absolute Gasteiger partial charge is 0.309 e. The maximum Gasteiger partial charge on any atom is 0.309 e. The molecule has 3 fully saturated rings. The second kappa shape index (κ2) is 2.30. The van der Waals surface area contributed by atoms with E-state index in [0.717, 1.165) is 12.3 Å². The molecule has 2 aliphatic carbocycles. The van der Waals surface area contributed by atoms with E-state index < -0.39 is 0 Å². The third-order valence-corrected chi connectivity index (χ3v) is 6.31. The number of ether oxygens (including phenoxy) is 1. The lowest BCUT2D eigenvalue weighted by molar-refractivity contribution is -0.143. The van der Waals surface area contributed by atoms with E-state index in [-0.39, 0.29) is 32.6 Å². The van der Waals surface area contributed by atoms with Crippen LogP contribution in [0.15, 0.2) is 0 Å². The van der Waals surface area contributed by atoms with Gasteiger partial charge in [0.2, 0.25) is 0 Å². The Kier molecular flexibility index (Phi) is 1.43. The van der Waals surface area contributed by atoms with Crippen LogP contribution in [-0.4, -0.2) is 20.5 Å². The van der Waals surface area contributed by atoms with Crippen molar-refractivity contribution in [3.05, 3.63) is 0 Å². The number of hydrogen-bond donors (Lipinski definition) is 0. The lowest BCUT2D eigenvalue weighted by Crippen LogP contribution is -2.27. The van der Waals surface area contributed by atoms with E-state index in [2.05, 4.69) is 4.51 Å². The van der Waals surface area contributed by atoms with Crippen molar-refractivity contribution in [1.82, 2.24) is 0 Å². The summed E-state index contributed by atoms with van der Waals surface area (Å²) in [5.41, 5.74) is 0. The van der Waals surface area contributed by atoms with E-state index in [1.807, 2.05) is 0 Å². The fourth-order valence-corrected chi connectivity index (χ4v) is 5.58. The molecule has 5 unspecified atom stereocenters. The van der Waals surface area contributed by atoms with Crippen LogP contribution in [0.4, 0.5) is 0 Å². The highest BCUT2D eigenvalue weighted by molar-refractivity contribution is 14.2. The zero-order valence-corrected chi connectivity index (χ0v) is 8.86. The average Bonchev–Trinajstić information content (AvgIpc) is 2.63. The van der Waals surface area contributed by atoms with Gasteiger partial charge in [-0.15, -0.1) is 20.7 Å². The third-order valence-electron chi connectivity index (χ3n) is 3.57. The van der Waals surface area contributed by atoms with E-state index in [0.29, 0.717) is 15.9 Å². The van der Waals surface area contributed by atoms with Crippen molar-refractivity contribution in [2.75, 3.05) is 0 Å². The Morgan fingerprint density at radius 1 is 1.50 bits per heavy atom. The maximum absolute atomic E-state index is 11.3. The van der Waals surface area contributed by atoms with Crippen LogP contribution in [0.25, 0.3) is 0 Å². The molecule has 66 valence electrons. The molecule has 0 aromatic carbocycles. The second-order valence-corrected chi connectivity index (χ2v) is 6.32. The number of carbonyl (C=O) groups is 1. The number of esters is 1. The summed E-state index contributed by atoms with van der Waals surface area (Å²) in [6, 6.07) is 0. The van der Waals surface area contributed by atoms with Crippen LogP contribution in [0.1, 0.15) is 12.8 Å². The largest absolute Gasteiger partial charge is 0.461 e. The molecule has 1 heterocycles. The highest BCUT2D eigenvalue weighted by atomic mass is 127. The molecule has 2 saturated carbocycles. The zero-order chi connectivity index (χ0) is 8.29. The topological polar surface area (TPSA) is 26.3 Å². The van der Waals surface area contributed by atoms with E-state index in [4.69, 9.17) is 4.74 Å². The summed E-state index contributed by atoms with van der Waals surface area (Å²) in [6.07, 6.45) is 2.66. The molecule has 2 bridgehead atoms. The van der Waals surface area contributed by atoms with Gasteiger partial charge in [-0.1, -0.05) is 4.51 Å². The molecule has 3 aliphatic rings. The number of halogens is 1. The Morgan fingerprint density at radius 3 is 3.08 bits per heavy atom. The molecule has 12 heavy (non-hydrogen) atoms. The van der Waals surface area contributed by atoms with Crippen molar-refractivity contribution in [2.24, 2.45) is 17.8 Å². The quantitative estimate of drug-likeness (QED) is 0.411. The van der Waals surface area contributed by atoms with Gasteiger partial charge in [-0.3, -0.25) is 4.79 Å². The molecule has 1 saturated heterocycles. The van der Waals surface area contributed by atoms with E-state index in [1.54, 1.807) is 0 Å². The standard InChI is InChI=1S/C9H11IO2/c1-10-7-4-2-5-6(3-4)9(11)12-8(5)7/h4-8H,1-3H2. The molecule has 3 rings (SSSR count). The first-order valence-electron chi connectivity index (χ1n) is 4.38. The van der Waals surface area contributed by atoms with E-state index in [1.165, 1.54) is 6.42 Å². The molecule has 0 aromatic heterocycles. The molecule has 1 aliphatic heterocycles. The van der Waals surface area contributed by atoms with Gasteiger partial charge in [0.15, 0.2) is 0 Å². The van der Waals surface area contributed by atoms with Crippen LogP contribution < -0.4 is 0 Å². The molecule has 5 atom stereocenters. The molecule has 0 aromatic rings. The zero-order valence-electron chi connectivity index (χ0n) is 6.70. The van der Waals surface area contributed by atoms with Crippen molar-refractivity contribution in [3.8, 4) is 0 Å². The number of alkyl halides is 1. The van der Waals surface area contributed by atoms with Crippen LogP contribution >= 0.6 is 20.7 Å². The summed E-state index contributed by atoms with van der Waals surface area (Å²) in [4.78, 5) is 11.3. The lowest BCUT2D eigenvalue weighted by Gasteiger charge is -2.20. The maximum atomic E-state index is 11.3. The molecule has 0 N–H and O–H groups in total. The highest BCUT2D eigenvalue weighted by Gasteiger charge is 2.61. The monoisotopic (exact) mass is 278 g/mol. The van der Waals surface area contributed by atoms with E-state index >= 15 is 0 Å². The first-order valence-corrected chi connectivity index (χ1v) is 7.16. The van der Waals surface area contributed by atoms with Crippen LogP contribution in [-0.2, 0) is 9.53 Å². The number of fused-ring (bicyclic) bond motifs is 1. The predicted molar refractivity (Wildman–Crippen MR) is 54.5 cm³/mol. The van der Waals surface area contributed by atoms with Crippen LogP contribution in [0.5, 0.6) is 0 Å². The Balaban J connectivity index is 2.01. The predicted octanol–water partition coefficient (Wildman–Crippen LogP) is 1.34. The van der Waals surface area contributed by atoms with Crippen LogP contribution in [0.2, 0.25) is 0 Å². The van der Waals surface area contributed by atoms with Gasteiger partial charge in [0.05, 0.1) is 5.92 Å². The minimum absolute atomic E-state index is 0.0211. The van der Waals surface area contributed by atoms with E-state index in [9.17, 15) is 4.79 Å². The van der Waals surface area contributed by atoms with Gasteiger partial charge in [0.1, 0.15) is 6.10 Å². The van der Waals surface area contributed by atoms with Gasteiger partial charge in [-0.25, -0.2) is 0 Å². The Bertz CT molecular complexity index is 263. The average molecular weight is 278 g/mol. The number of hydrogen-bond acceptors (Lipinski definition) is 2. The van der Waals surface area contributed by atoms with Crippen molar-refractivity contribution < 1.29 is 9.53 Å². The minimum atomic E-state index is 0.0211. The summed E-state index contributed by atoms with van der Waals surface area (Å²) in [7, 11) is 0.